The van der Waals surface area contributed by atoms with Gasteiger partial charge in [0.05, 0.1) is 0 Å². The highest BCUT2D eigenvalue weighted by atomic mass is 15.3. The van der Waals surface area contributed by atoms with Gasteiger partial charge < -0.3 is 4.90 Å². The third-order valence-corrected chi connectivity index (χ3v) is 5.72. The summed E-state index contributed by atoms with van der Waals surface area (Å²) in [6.07, 6.45) is 16.0. The molecule has 2 aromatic rings. The topological polar surface area (TPSA) is 54.8 Å². The first kappa shape index (κ1) is 16.4. The van der Waals surface area contributed by atoms with Crippen LogP contribution in [0.2, 0.25) is 0 Å². The molecule has 0 atom stereocenters. The molecule has 5 rings (SSSR count). The second kappa shape index (κ2) is 6.41. The van der Waals surface area contributed by atoms with Gasteiger partial charge in [0, 0.05) is 37.3 Å². The first-order valence-electron chi connectivity index (χ1n) is 9.66. The van der Waals surface area contributed by atoms with E-state index in [9.17, 15) is 0 Å². The molecule has 3 aliphatic rings. The second-order valence-electron chi connectivity index (χ2n) is 7.77. The fraction of sp³-hybridized carbons (Fsp3) is 0.364. The van der Waals surface area contributed by atoms with Gasteiger partial charge >= 0.3 is 0 Å². The van der Waals surface area contributed by atoms with Crippen molar-refractivity contribution in [2.45, 2.75) is 37.5 Å². The van der Waals surface area contributed by atoms with Crippen molar-refractivity contribution in [3.8, 4) is 0 Å². The summed E-state index contributed by atoms with van der Waals surface area (Å²) in [5.41, 5.74) is 3.87. The summed E-state index contributed by atoms with van der Waals surface area (Å²) in [5.74, 6) is 2.61. The third kappa shape index (κ3) is 3.18. The van der Waals surface area contributed by atoms with Gasteiger partial charge in [0.25, 0.3) is 0 Å². The Bertz CT molecular complexity index is 954. The van der Waals surface area contributed by atoms with Crippen LogP contribution in [-0.2, 0) is 11.8 Å². The van der Waals surface area contributed by atoms with Crippen molar-refractivity contribution in [2.24, 2.45) is 0 Å². The Balaban J connectivity index is 1.40. The fourth-order valence-electron chi connectivity index (χ4n) is 3.64. The molecule has 1 aliphatic heterocycles. The van der Waals surface area contributed by atoms with Crippen LogP contribution in [0.4, 0.5) is 5.95 Å². The van der Waals surface area contributed by atoms with E-state index in [0.717, 1.165) is 49.1 Å². The van der Waals surface area contributed by atoms with Gasteiger partial charge in [-0.3, -0.25) is 4.98 Å². The molecule has 0 aromatic carbocycles. The van der Waals surface area contributed by atoms with Crippen LogP contribution in [0.1, 0.15) is 43.0 Å². The Morgan fingerprint density at radius 2 is 2.04 bits per heavy atom. The van der Waals surface area contributed by atoms with Gasteiger partial charge in [-0.2, -0.15) is 9.97 Å². The predicted octanol–water partition coefficient (Wildman–Crippen LogP) is 3.65. The number of hydrogen-bond donors (Lipinski definition) is 0. The summed E-state index contributed by atoms with van der Waals surface area (Å²) < 4.78 is 0. The van der Waals surface area contributed by atoms with Crippen molar-refractivity contribution in [3.63, 3.8) is 0 Å². The van der Waals surface area contributed by atoms with Crippen LogP contribution in [0.25, 0.3) is 5.57 Å². The number of allylic oxidation sites excluding steroid dienone is 6. The number of pyridine rings is 1. The summed E-state index contributed by atoms with van der Waals surface area (Å²) in [6, 6.07) is 6.03. The predicted molar refractivity (Wildman–Crippen MR) is 106 cm³/mol. The maximum Gasteiger partial charge on any atom is 0.228 e. The summed E-state index contributed by atoms with van der Waals surface area (Å²) in [5, 5.41) is 0. The minimum atomic E-state index is 0.159. The number of rotatable bonds is 5. The van der Waals surface area contributed by atoms with Crippen molar-refractivity contribution in [3.05, 3.63) is 71.6 Å². The van der Waals surface area contributed by atoms with Crippen LogP contribution < -0.4 is 4.90 Å². The minimum absolute atomic E-state index is 0.159. The van der Waals surface area contributed by atoms with Crippen LogP contribution in [0.5, 0.6) is 0 Å². The standard InChI is InChI=1S/C22H23N5/c1-27(14-10-18-7-2-3-13-23-18)21-25-19-17(9-8-16-5-4-6-16)15-22(11-12-22)20(24-19)26-21/h2-5,7-9,13H,6,10-12,14-15H2,1H3. The van der Waals surface area contributed by atoms with E-state index in [4.69, 9.17) is 15.0 Å². The molecule has 2 aromatic heterocycles. The number of nitrogens with zero attached hydrogens (tertiary/aromatic N) is 5. The fourth-order valence-corrected chi connectivity index (χ4v) is 3.64. The molecule has 0 amide bonds. The molecule has 1 spiro atoms. The molecule has 0 saturated heterocycles. The van der Waals surface area contributed by atoms with Crippen molar-refractivity contribution in [2.75, 3.05) is 18.5 Å². The molecule has 1 saturated carbocycles. The Morgan fingerprint density at radius 3 is 2.74 bits per heavy atom. The lowest BCUT2D eigenvalue weighted by molar-refractivity contribution is 0.614. The van der Waals surface area contributed by atoms with Gasteiger partial charge in [-0.05, 0) is 49.0 Å². The first-order chi connectivity index (χ1) is 13.2. The zero-order valence-corrected chi connectivity index (χ0v) is 15.6. The molecule has 5 heteroatoms. The smallest absolute Gasteiger partial charge is 0.228 e. The molecular weight excluding hydrogens is 334 g/mol. The molecule has 136 valence electrons. The minimum Gasteiger partial charge on any atom is -0.343 e. The van der Waals surface area contributed by atoms with E-state index in [0.29, 0.717) is 0 Å². The molecule has 1 fully saturated rings. The first-order valence-corrected chi connectivity index (χ1v) is 9.66. The van der Waals surface area contributed by atoms with Crippen molar-refractivity contribution >= 4 is 11.5 Å². The van der Waals surface area contributed by atoms with E-state index in [1.54, 1.807) is 0 Å². The van der Waals surface area contributed by atoms with Crippen molar-refractivity contribution in [1.29, 1.82) is 0 Å². The molecule has 5 nitrogen and oxygen atoms in total. The Labute approximate surface area is 159 Å². The van der Waals surface area contributed by atoms with Crippen LogP contribution in [0.15, 0.2) is 54.3 Å². The zero-order chi connectivity index (χ0) is 18.3. The quantitative estimate of drug-likeness (QED) is 0.817. The average Bonchev–Trinajstić information content (AvgIpc) is 3.44. The lowest BCUT2D eigenvalue weighted by Crippen LogP contribution is -2.28. The largest absolute Gasteiger partial charge is 0.343 e. The molecule has 2 bridgehead atoms. The van der Waals surface area contributed by atoms with Gasteiger partial charge in [0.15, 0.2) is 5.82 Å². The van der Waals surface area contributed by atoms with Crippen LogP contribution in [0.3, 0.4) is 0 Å². The van der Waals surface area contributed by atoms with Crippen molar-refractivity contribution < 1.29 is 0 Å². The molecular formula is C22H23N5. The SMILES string of the molecule is CN(CCc1ccccn1)c1nc2nc(n1)C1(CC1)CC2=CC=C1C=CC1. The van der Waals surface area contributed by atoms with Crippen molar-refractivity contribution in [1.82, 2.24) is 19.9 Å². The second-order valence-corrected chi connectivity index (χ2v) is 7.77. The van der Waals surface area contributed by atoms with E-state index in [1.807, 2.05) is 18.3 Å². The van der Waals surface area contributed by atoms with E-state index in [-0.39, 0.29) is 5.41 Å². The summed E-state index contributed by atoms with van der Waals surface area (Å²) in [7, 11) is 2.05. The van der Waals surface area contributed by atoms with E-state index in [1.165, 1.54) is 24.0 Å². The zero-order valence-electron chi connectivity index (χ0n) is 15.6. The Kier molecular flexibility index (Phi) is 3.88. The molecule has 0 radical (unpaired) electrons. The molecule has 0 N–H and O–H groups in total. The molecule has 0 unspecified atom stereocenters. The summed E-state index contributed by atoms with van der Waals surface area (Å²) >= 11 is 0. The number of anilines is 1. The lowest BCUT2D eigenvalue weighted by Gasteiger charge is -2.25. The van der Waals surface area contributed by atoms with Gasteiger partial charge in [-0.15, -0.1) is 0 Å². The maximum atomic E-state index is 4.82. The van der Waals surface area contributed by atoms with Gasteiger partial charge in [0.2, 0.25) is 5.95 Å². The van der Waals surface area contributed by atoms with Crippen LogP contribution in [-0.4, -0.2) is 33.5 Å². The molecule has 27 heavy (non-hydrogen) atoms. The highest BCUT2D eigenvalue weighted by molar-refractivity contribution is 5.67. The van der Waals surface area contributed by atoms with Crippen LogP contribution >= 0.6 is 0 Å². The van der Waals surface area contributed by atoms with E-state index >= 15 is 0 Å². The number of hydrogen-bond acceptors (Lipinski definition) is 5. The normalized spacial score (nSPS) is 21.5. The number of aromatic nitrogens is 4. The third-order valence-electron chi connectivity index (χ3n) is 5.72. The summed E-state index contributed by atoms with van der Waals surface area (Å²) in [6.45, 7) is 0.834. The van der Waals surface area contributed by atoms with E-state index < -0.39 is 0 Å². The Hall–Kier alpha value is -2.82. The van der Waals surface area contributed by atoms with Gasteiger partial charge in [-0.1, -0.05) is 30.4 Å². The lowest BCUT2D eigenvalue weighted by atomic mass is 9.91. The highest BCUT2D eigenvalue weighted by Gasteiger charge is 2.50. The molecule has 3 heterocycles. The summed E-state index contributed by atoms with van der Waals surface area (Å²) in [4.78, 5) is 20.9. The number of likely N-dealkylation sites (N-methyl/N-ethyl adjacent to an activating group) is 1. The maximum absolute atomic E-state index is 4.82. The van der Waals surface area contributed by atoms with Gasteiger partial charge in [0.1, 0.15) is 5.82 Å². The van der Waals surface area contributed by atoms with Gasteiger partial charge in [-0.25, -0.2) is 4.98 Å². The Morgan fingerprint density at radius 1 is 1.15 bits per heavy atom. The number of fused-ring (bicyclic) bond motifs is 3. The average molecular weight is 357 g/mol. The van der Waals surface area contributed by atoms with E-state index in [2.05, 4.69) is 47.3 Å². The van der Waals surface area contributed by atoms with Crippen LogP contribution in [0, 0.1) is 0 Å². The highest BCUT2D eigenvalue weighted by Crippen LogP contribution is 2.54. The molecule has 2 aliphatic carbocycles. The monoisotopic (exact) mass is 357 g/mol.